The molecule has 4 heteroatoms. The number of rotatable bonds is 4. The molecule has 0 aliphatic carbocycles. The lowest BCUT2D eigenvalue weighted by Crippen LogP contribution is -2.45. The average Bonchev–Trinajstić information content (AvgIpc) is 2.33. The molecule has 1 aromatic carbocycles. The Morgan fingerprint density at radius 1 is 1.35 bits per heavy atom. The standard InChI is InChI=1S/C13H18N2O2/c1-13(8-17-9-13)7-15-11-5-3-10(4-6-11)12(16)14-2/h3-6,15H,7-9H2,1-2H3,(H,14,16). The third kappa shape index (κ3) is 2.77. The lowest BCUT2D eigenvalue weighted by Gasteiger charge is -2.38. The van der Waals surface area contributed by atoms with Crippen molar-refractivity contribution in [3.8, 4) is 0 Å². The summed E-state index contributed by atoms with van der Waals surface area (Å²) in [6, 6.07) is 7.49. The first-order chi connectivity index (χ1) is 8.13. The fourth-order valence-corrected chi connectivity index (χ4v) is 1.75. The van der Waals surface area contributed by atoms with Gasteiger partial charge in [0.15, 0.2) is 0 Å². The highest BCUT2D eigenvalue weighted by atomic mass is 16.5. The minimum absolute atomic E-state index is 0.0593. The molecule has 1 saturated heterocycles. The Morgan fingerprint density at radius 2 is 2.00 bits per heavy atom. The zero-order valence-corrected chi connectivity index (χ0v) is 10.2. The molecule has 0 spiro atoms. The van der Waals surface area contributed by atoms with Crippen molar-refractivity contribution in [3.63, 3.8) is 0 Å². The average molecular weight is 234 g/mol. The van der Waals surface area contributed by atoms with Crippen molar-refractivity contribution in [2.24, 2.45) is 5.41 Å². The predicted molar refractivity (Wildman–Crippen MR) is 67.2 cm³/mol. The molecule has 1 heterocycles. The fourth-order valence-electron chi connectivity index (χ4n) is 1.75. The molecule has 1 aliphatic heterocycles. The number of hydrogen-bond acceptors (Lipinski definition) is 3. The van der Waals surface area contributed by atoms with Crippen LogP contribution in [0.2, 0.25) is 0 Å². The van der Waals surface area contributed by atoms with E-state index in [1.807, 2.05) is 24.3 Å². The Hall–Kier alpha value is -1.55. The van der Waals surface area contributed by atoms with E-state index in [2.05, 4.69) is 17.6 Å². The van der Waals surface area contributed by atoms with Gasteiger partial charge in [-0.15, -0.1) is 0 Å². The molecule has 17 heavy (non-hydrogen) atoms. The van der Waals surface area contributed by atoms with Crippen LogP contribution in [-0.4, -0.2) is 32.7 Å². The Labute approximate surface area is 101 Å². The van der Waals surface area contributed by atoms with Gasteiger partial charge in [0.1, 0.15) is 0 Å². The van der Waals surface area contributed by atoms with Crippen molar-refractivity contribution in [1.82, 2.24) is 5.32 Å². The zero-order valence-electron chi connectivity index (χ0n) is 10.2. The molecule has 0 bridgehead atoms. The minimum atomic E-state index is -0.0593. The van der Waals surface area contributed by atoms with E-state index in [9.17, 15) is 4.79 Å². The largest absolute Gasteiger partial charge is 0.384 e. The SMILES string of the molecule is CNC(=O)c1ccc(NCC2(C)COC2)cc1. The molecule has 1 aliphatic rings. The quantitative estimate of drug-likeness (QED) is 0.830. The van der Waals surface area contributed by atoms with E-state index < -0.39 is 0 Å². The molecular weight excluding hydrogens is 216 g/mol. The van der Waals surface area contributed by atoms with Gasteiger partial charge in [-0.2, -0.15) is 0 Å². The van der Waals surface area contributed by atoms with E-state index in [0.29, 0.717) is 5.56 Å². The van der Waals surface area contributed by atoms with E-state index >= 15 is 0 Å². The molecule has 2 N–H and O–H groups in total. The van der Waals surface area contributed by atoms with Gasteiger partial charge in [0.2, 0.25) is 0 Å². The summed E-state index contributed by atoms with van der Waals surface area (Å²) in [7, 11) is 1.63. The van der Waals surface area contributed by atoms with Gasteiger partial charge >= 0.3 is 0 Å². The Kier molecular flexibility index (Phi) is 3.33. The summed E-state index contributed by atoms with van der Waals surface area (Å²) < 4.78 is 5.20. The normalized spacial score (nSPS) is 17.1. The molecule has 0 aromatic heterocycles. The van der Waals surface area contributed by atoms with Crippen LogP contribution in [0.5, 0.6) is 0 Å². The van der Waals surface area contributed by atoms with Crippen LogP contribution in [0, 0.1) is 5.41 Å². The number of ether oxygens (including phenoxy) is 1. The van der Waals surface area contributed by atoms with Crippen LogP contribution in [0.4, 0.5) is 5.69 Å². The third-order valence-corrected chi connectivity index (χ3v) is 2.99. The summed E-state index contributed by atoms with van der Waals surface area (Å²) >= 11 is 0. The molecule has 0 radical (unpaired) electrons. The van der Waals surface area contributed by atoms with Crippen LogP contribution in [0.3, 0.4) is 0 Å². The summed E-state index contributed by atoms with van der Waals surface area (Å²) in [4.78, 5) is 11.3. The maximum atomic E-state index is 11.3. The molecular formula is C13H18N2O2. The van der Waals surface area contributed by atoms with Crippen molar-refractivity contribution in [2.75, 3.05) is 32.1 Å². The van der Waals surface area contributed by atoms with E-state index in [-0.39, 0.29) is 11.3 Å². The van der Waals surface area contributed by atoms with Gasteiger partial charge in [-0.1, -0.05) is 6.92 Å². The van der Waals surface area contributed by atoms with E-state index in [0.717, 1.165) is 25.4 Å². The van der Waals surface area contributed by atoms with Crippen molar-refractivity contribution in [2.45, 2.75) is 6.92 Å². The first-order valence-corrected chi connectivity index (χ1v) is 5.77. The minimum Gasteiger partial charge on any atom is -0.384 e. The lowest BCUT2D eigenvalue weighted by atomic mass is 9.89. The molecule has 4 nitrogen and oxygen atoms in total. The first kappa shape index (κ1) is 11.9. The van der Waals surface area contributed by atoms with Crippen molar-refractivity contribution in [1.29, 1.82) is 0 Å². The van der Waals surface area contributed by atoms with Crippen LogP contribution in [0.25, 0.3) is 0 Å². The van der Waals surface area contributed by atoms with Crippen LogP contribution in [0.1, 0.15) is 17.3 Å². The zero-order chi connectivity index (χ0) is 12.3. The van der Waals surface area contributed by atoms with Gasteiger partial charge in [0.05, 0.1) is 13.2 Å². The number of hydrogen-bond donors (Lipinski definition) is 2. The molecule has 92 valence electrons. The maximum absolute atomic E-state index is 11.3. The van der Waals surface area contributed by atoms with Gasteiger partial charge < -0.3 is 15.4 Å². The van der Waals surface area contributed by atoms with Crippen LogP contribution in [-0.2, 0) is 4.74 Å². The fraction of sp³-hybridized carbons (Fsp3) is 0.462. The molecule has 2 rings (SSSR count). The van der Waals surface area contributed by atoms with Gasteiger partial charge in [0.25, 0.3) is 5.91 Å². The van der Waals surface area contributed by atoms with E-state index in [1.165, 1.54) is 0 Å². The second-order valence-electron chi connectivity index (χ2n) is 4.81. The number of amides is 1. The van der Waals surface area contributed by atoms with Crippen molar-refractivity contribution < 1.29 is 9.53 Å². The number of anilines is 1. The summed E-state index contributed by atoms with van der Waals surface area (Å²) in [5.41, 5.74) is 1.96. The maximum Gasteiger partial charge on any atom is 0.251 e. The van der Waals surface area contributed by atoms with Crippen LogP contribution in [0.15, 0.2) is 24.3 Å². The Bertz CT molecular complexity index is 396. The van der Waals surface area contributed by atoms with Gasteiger partial charge in [-0.05, 0) is 24.3 Å². The number of benzene rings is 1. The smallest absolute Gasteiger partial charge is 0.251 e. The number of nitrogens with one attached hydrogen (secondary N) is 2. The number of carbonyl (C=O) groups is 1. The highest BCUT2D eigenvalue weighted by molar-refractivity contribution is 5.94. The molecule has 0 unspecified atom stereocenters. The summed E-state index contributed by atoms with van der Waals surface area (Å²) in [5.74, 6) is -0.0593. The second kappa shape index (κ2) is 4.75. The summed E-state index contributed by atoms with van der Waals surface area (Å²) in [6.07, 6.45) is 0. The molecule has 0 atom stereocenters. The van der Waals surface area contributed by atoms with Gasteiger partial charge in [0, 0.05) is 30.3 Å². The van der Waals surface area contributed by atoms with Crippen LogP contribution < -0.4 is 10.6 Å². The van der Waals surface area contributed by atoms with Crippen LogP contribution >= 0.6 is 0 Å². The van der Waals surface area contributed by atoms with E-state index in [1.54, 1.807) is 7.05 Å². The second-order valence-corrected chi connectivity index (χ2v) is 4.81. The first-order valence-electron chi connectivity index (χ1n) is 5.77. The van der Waals surface area contributed by atoms with Gasteiger partial charge in [-0.3, -0.25) is 4.79 Å². The monoisotopic (exact) mass is 234 g/mol. The Balaban J connectivity index is 1.91. The van der Waals surface area contributed by atoms with Gasteiger partial charge in [-0.25, -0.2) is 0 Å². The highest BCUT2D eigenvalue weighted by Crippen LogP contribution is 2.26. The molecule has 1 fully saturated rings. The highest BCUT2D eigenvalue weighted by Gasteiger charge is 2.32. The van der Waals surface area contributed by atoms with Crippen molar-refractivity contribution in [3.05, 3.63) is 29.8 Å². The molecule has 1 amide bonds. The summed E-state index contributed by atoms with van der Waals surface area (Å²) in [5, 5.41) is 5.96. The van der Waals surface area contributed by atoms with E-state index in [4.69, 9.17) is 4.74 Å². The predicted octanol–water partition coefficient (Wildman–Crippen LogP) is 1.49. The topological polar surface area (TPSA) is 50.4 Å². The third-order valence-electron chi connectivity index (χ3n) is 2.99. The Morgan fingerprint density at radius 3 is 2.47 bits per heavy atom. The molecule has 0 saturated carbocycles. The lowest BCUT2D eigenvalue weighted by molar-refractivity contribution is -0.0924. The van der Waals surface area contributed by atoms with Crippen molar-refractivity contribution >= 4 is 11.6 Å². The summed E-state index contributed by atoms with van der Waals surface area (Å²) in [6.45, 7) is 4.72. The number of carbonyl (C=O) groups excluding carboxylic acids is 1. The molecule has 1 aromatic rings.